The third-order valence-corrected chi connectivity index (χ3v) is 2.13. The molecule has 0 aromatic carbocycles. The molecule has 0 radical (unpaired) electrons. The van der Waals surface area contributed by atoms with E-state index in [9.17, 15) is 0 Å². The van der Waals surface area contributed by atoms with Crippen LogP contribution in [0.1, 0.15) is 20.8 Å². The fraction of sp³-hybridized carbons (Fsp3) is 1.00. The van der Waals surface area contributed by atoms with Gasteiger partial charge >= 0.3 is 0 Å². The Morgan fingerprint density at radius 1 is 1.12 bits per heavy atom. The predicted molar refractivity (Wildman–Crippen MR) is 38.1 cm³/mol. The van der Waals surface area contributed by atoms with Crippen LogP contribution in [0.25, 0.3) is 0 Å². The lowest BCUT2D eigenvalue weighted by molar-refractivity contribution is 0.360. The Kier molecular flexibility index (Phi) is 2.19. The van der Waals surface area contributed by atoms with E-state index in [1.54, 1.807) is 0 Å². The lowest BCUT2D eigenvalue weighted by atomic mass is 9.97. The van der Waals surface area contributed by atoms with Crippen molar-refractivity contribution < 1.29 is 0 Å². The molecule has 1 nitrogen and oxygen atoms in total. The average Bonchev–Trinajstić information content (AvgIpc) is 1.25. The summed E-state index contributed by atoms with van der Waals surface area (Å²) in [6, 6.07) is 0. The van der Waals surface area contributed by atoms with Crippen LogP contribution in [0.15, 0.2) is 0 Å². The second kappa shape index (κ2) is 2.05. The summed E-state index contributed by atoms with van der Waals surface area (Å²) in [5.74, 6) is 0. The summed E-state index contributed by atoms with van der Waals surface area (Å²) in [5.41, 5.74) is 5.09. The molecule has 0 aromatic heterocycles. The van der Waals surface area contributed by atoms with Crippen LogP contribution in [-0.2, 0) is 0 Å². The summed E-state index contributed by atoms with van der Waals surface area (Å²) in [5, 5.41) is 0. The van der Waals surface area contributed by atoms with Crippen molar-refractivity contribution in [3.05, 3.63) is 0 Å². The van der Waals surface area contributed by atoms with E-state index >= 15 is 0 Å². The van der Waals surface area contributed by atoms with E-state index in [2.05, 4.69) is 0 Å². The van der Waals surface area contributed by atoms with Crippen molar-refractivity contribution in [2.75, 3.05) is 0 Å². The van der Waals surface area contributed by atoms with Crippen molar-refractivity contribution in [1.82, 2.24) is 0 Å². The van der Waals surface area contributed by atoms with Crippen LogP contribution < -0.4 is 5.73 Å². The van der Waals surface area contributed by atoms with Crippen LogP contribution in [0.4, 0.5) is 0 Å². The molecule has 0 saturated heterocycles. The van der Waals surface area contributed by atoms with Gasteiger partial charge in [0, 0.05) is 5.41 Å². The van der Waals surface area contributed by atoms with Gasteiger partial charge in [0.1, 0.15) is 0 Å². The van der Waals surface area contributed by atoms with Crippen molar-refractivity contribution in [3.8, 4) is 0 Å². The molecule has 0 amide bonds. The third kappa shape index (κ3) is 2.21. The number of hydrogen-bond acceptors (Lipinski definition) is 1. The van der Waals surface area contributed by atoms with Crippen LogP contribution in [0.2, 0.25) is 0 Å². The van der Waals surface area contributed by atoms with Gasteiger partial charge in [-0.3, -0.25) is 5.73 Å². The molecule has 3 heteroatoms. The molecule has 0 fully saturated rings. The SMILES string of the molecule is CC(C)(C)C(N)(Cl)Cl. The molecule has 0 rings (SSSR count). The molecular weight excluding hydrogens is 145 g/mol. The minimum absolute atomic E-state index is 0.254. The van der Waals surface area contributed by atoms with Crippen LogP contribution in [0.5, 0.6) is 0 Å². The minimum atomic E-state index is -1.12. The first-order valence-corrected chi connectivity index (χ1v) is 3.17. The number of nitrogens with two attached hydrogens (primary N) is 1. The average molecular weight is 156 g/mol. The molecular formula is C5H11Cl2N. The first kappa shape index (κ1) is 8.54. The molecule has 0 bridgehead atoms. The standard InChI is InChI=1S/C5H11Cl2N/c1-4(2,3)5(6,7)8/h8H2,1-3H3. The molecule has 0 aliphatic rings. The van der Waals surface area contributed by atoms with Gasteiger partial charge in [-0.25, -0.2) is 0 Å². The van der Waals surface area contributed by atoms with Crippen molar-refractivity contribution in [2.24, 2.45) is 11.1 Å². The number of alkyl halides is 2. The van der Waals surface area contributed by atoms with Crippen LogP contribution in [-0.4, -0.2) is 4.46 Å². The lowest BCUT2D eigenvalue weighted by Gasteiger charge is -2.29. The zero-order valence-corrected chi connectivity index (χ0v) is 6.85. The Morgan fingerprint density at radius 2 is 1.25 bits per heavy atom. The van der Waals surface area contributed by atoms with E-state index in [1.165, 1.54) is 0 Å². The fourth-order valence-corrected chi connectivity index (χ4v) is 0. The summed E-state index contributed by atoms with van der Waals surface area (Å²) in [7, 11) is 0. The van der Waals surface area contributed by atoms with Gasteiger partial charge in [0.05, 0.1) is 0 Å². The molecule has 0 aromatic rings. The van der Waals surface area contributed by atoms with Gasteiger partial charge in [0.2, 0.25) is 0 Å². The molecule has 0 atom stereocenters. The lowest BCUT2D eigenvalue weighted by Crippen LogP contribution is -2.40. The normalized spacial score (nSPS) is 14.2. The number of halogens is 2. The smallest absolute Gasteiger partial charge is 0.171 e. The second-order valence-corrected chi connectivity index (χ2v) is 4.26. The van der Waals surface area contributed by atoms with E-state index < -0.39 is 4.46 Å². The van der Waals surface area contributed by atoms with Gasteiger partial charge in [0.25, 0.3) is 0 Å². The van der Waals surface area contributed by atoms with E-state index in [1.807, 2.05) is 20.8 Å². The fourth-order valence-electron chi connectivity index (χ4n) is 0. The maximum Gasteiger partial charge on any atom is 0.171 e. The van der Waals surface area contributed by atoms with Gasteiger partial charge in [-0.05, 0) is 0 Å². The van der Waals surface area contributed by atoms with Gasteiger partial charge in [-0.15, -0.1) is 0 Å². The van der Waals surface area contributed by atoms with Gasteiger partial charge in [-0.2, -0.15) is 0 Å². The van der Waals surface area contributed by atoms with Crippen LogP contribution in [0.3, 0.4) is 0 Å². The molecule has 0 spiro atoms. The largest absolute Gasteiger partial charge is 0.300 e. The number of hydrogen-bond donors (Lipinski definition) is 1. The van der Waals surface area contributed by atoms with E-state index in [-0.39, 0.29) is 5.41 Å². The van der Waals surface area contributed by atoms with Gasteiger partial charge in [-0.1, -0.05) is 44.0 Å². The number of rotatable bonds is 0. The molecule has 0 heterocycles. The minimum Gasteiger partial charge on any atom is -0.300 e. The highest BCUT2D eigenvalue weighted by atomic mass is 35.5. The molecule has 8 heavy (non-hydrogen) atoms. The molecule has 0 aliphatic carbocycles. The van der Waals surface area contributed by atoms with Gasteiger partial charge < -0.3 is 0 Å². The first-order chi connectivity index (χ1) is 3.25. The van der Waals surface area contributed by atoms with Crippen LogP contribution >= 0.6 is 23.2 Å². The summed E-state index contributed by atoms with van der Waals surface area (Å²) in [4.78, 5) is 0. The van der Waals surface area contributed by atoms with Crippen molar-refractivity contribution in [3.63, 3.8) is 0 Å². The zero-order valence-electron chi connectivity index (χ0n) is 5.33. The van der Waals surface area contributed by atoms with E-state index in [0.29, 0.717) is 0 Å². The molecule has 0 unspecified atom stereocenters. The molecule has 0 aliphatic heterocycles. The topological polar surface area (TPSA) is 26.0 Å². The zero-order chi connectivity index (χ0) is 7.00. The van der Waals surface area contributed by atoms with Crippen molar-refractivity contribution >= 4 is 23.2 Å². The summed E-state index contributed by atoms with van der Waals surface area (Å²) >= 11 is 11.1. The van der Waals surface area contributed by atoms with Crippen LogP contribution in [0, 0.1) is 5.41 Å². The quantitative estimate of drug-likeness (QED) is 0.422. The van der Waals surface area contributed by atoms with Crippen molar-refractivity contribution in [2.45, 2.75) is 25.2 Å². The Labute approximate surface area is 60.1 Å². The highest BCUT2D eigenvalue weighted by molar-refractivity contribution is 6.48. The predicted octanol–water partition coefficient (Wildman–Crippen LogP) is 2.12. The monoisotopic (exact) mass is 155 g/mol. The Morgan fingerprint density at radius 3 is 1.25 bits per heavy atom. The van der Waals surface area contributed by atoms with E-state index in [0.717, 1.165) is 0 Å². The molecule has 50 valence electrons. The summed E-state index contributed by atoms with van der Waals surface area (Å²) in [6.07, 6.45) is 0. The first-order valence-electron chi connectivity index (χ1n) is 2.42. The highest BCUT2D eigenvalue weighted by Gasteiger charge is 2.33. The maximum atomic E-state index is 5.55. The Bertz CT molecular complexity index is 65.4. The summed E-state index contributed by atoms with van der Waals surface area (Å²) < 4.78 is -1.12. The highest BCUT2D eigenvalue weighted by Crippen LogP contribution is 2.34. The van der Waals surface area contributed by atoms with Crippen molar-refractivity contribution in [1.29, 1.82) is 0 Å². The molecule has 2 N–H and O–H groups in total. The summed E-state index contributed by atoms with van der Waals surface area (Å²) in [6.45, 7) is 5.65. The Balaban J connectivity index is 4.02. The van der Waals surface area contributed by atoms with E-state index in [4.69, 9.17) is 28.9 Å². The second-order valence-electron chi connectivity index (χ2n) is 2.87. The maximum absolute atomic E-state index is 5.55. The molecule has 0 saturated carbocycles. The Hall–Kier alpha value is 0.540. The third-order valence-electron chi connectivity index (χ3n) is 1.000. The van der Waals surface area contributed by atoms with Gasteiger partial charge in [0.15, 0.2) is 4.46 Å².